The lowest BCUT2D eigenvalue weighted by atomic mass is 10.3. The standard InChI is InChI=1S/C9H7N3O2S/c13-7-3-1-2-6(4-7)11-9(14)8-5-10-12-15-8/h1-5,13H,(H,11,14). The van der Waals surface area contributed by atoms with Crippen LogP contribution >= 0.6 is 11.5 Å². The van der Waals surface area contributed by atoms with Crippen molar-refractivity contribution in [2.45, 2.75) is 0 Å². The minimum absolute atomic E-state index is 0.107. The molecule has 0 fully saturated rings. The van der Waals surface area contributed by atoms with Crippen LogP contribution in [0.3, 0.4) is 0 Å². The van der Waals surface area contributed by atoms with Crippen molar-refractivity contribution >= 4 is 23.1 Å². The highest BCUT2D eigenvalue weighted by molar-refractivity contribution is 7.07. The van der Waals surface area contributed by atoms with E-state index in [2.05, 4.69) is 14.9 Å². The van der Waals surface area contributed by atoms with Crippen molar-refractivity contribution in [3.8, 4) is 5.75 Å². The monoisotopic (exact) mass is 221 g/mol. The zero-order valence-corrected chi connectivity index (χ0v) is 8.36. The highest BCUT2D eigenvalue weighted by atomic mass is 32.1. The van der Waals surface area contributed by atoms with Crippen LogP contribution in [0.2, 0.25) is 0 Å². The van der Waals surface area contributed by atoms with E-state index in [1.165, 1.54) is 18.3 Å². The summed E-state index contributed by atoms with van der Waals surface area (Å²) < 4.78 is 3.58. The fourth-order valence-electron chi connectivity index (χ4n) is 1.04. The predicted molar refractivity (Wildman–Crippen MR) is 56.0 cm³/mol. The van der Waals surface area contributed by atoms with Crippen LogP contribution in [0.15, 0.2) is 30.5 Å². The van der Waals surface area contributed by atoms with Gasteiger partial charge in [0.2, 0.25) is 0 Å². The number of amides is 1. The number of hydrogen-bond donors (Lipinski definition) is 2. The van der Waals surface area contributed by atoms with Gasteiger partial charge in [0.1, 0.15) is 10.6 Å². The average molecular weight is 221 g/mol. The maximum absolute atomic E-state index is 11.5. The summed E-state index contributed by atoms with van der Waals surface area (Å²) in [6, 6.07) is 6.33. The fraction of sp³-hybridized carbons (Fsp3) is 0. The molecule has 0 atom stereocenters. The van der Waals surface area contributed by atoms with Crippen LogP contribution in [0.1, 0.15) is 9.67 Å². The first-order valence-electron chi connectivity index (χ1n) is 4.13. The van der Waals surface area contributed by atoms with Crippen LogP contribution in [0.4, 0.5) is 5.69 Å². The van der Waals surface area contributed by atoms with Crippen LogP contribution in [0.25, 0.3) is 0 Å². The van der Waals surface area contributed by atoms with Crippen LogP contribution in [0.5, 0.6) is 5.75 Å². The van der Waals surface area contributed by atoms with Crippen molar-refractivity contribution in [1.29, 1.82) is 0 Å². The van der Waals surface area contributed by atoms with E-state index in [0.717, 1.165) is 11.5 Å². The number of carbonyl (C=O) groups is 1. The van der Waals surface area contributed by atoms with Crippen molar-refractivity contribution in [2.24, 2.45) is 0 Å². The lowest BCUT2D eigenvalue weighted by Crippen LogP contribution is -2.09. The lowest BCUT2D eigenvalue weighted by molar-refractivity contribution is 0.103. The topological polar surface area (TPSA) is 75.1 Å². The number of aromatic nitrogens is 2. The summed E-state index contributed by atoms with van der Waals surface area (Å²) in [6.07, 6.45) is 1.39. The van der Waals surface area contributed by atoms with E-state index in [0.29, 0.717) is 10.6 Å². The van der Waals surface area contributed by atoms with E-state index >= 15 is 0 Å². The smallest absolute Gasteiger partial charge is 0.269 e. The third-order valence-electron chi connectivity index (χ3n) is 1.69. The Morgan fingerprint density at radius 1 is 1.47 bits per heavy atom. The number of aromatic hydroxyl groups is 1. The molecule has 0 saturated heterocycles. The molecule has 0 spiro atoms. The number of rotatable bonds is 2. The van der Waals surface area contributed by atoms with Crippen LogP contribution in [-0.2, 0) is 0 Å². The summed E-state index contributed by atoms with van der Waals surface area (Å²) in [5.41, 5.74) is 0.536. The number of benzene rings is 1. The Hall–Kier alpha value is -1.95. The first kappa shape index (κ1) is 9.60. The Morgan fingerprint density at radius 3 is 3.00 bits per heavy atom. The molecule has 15 heavy (non-hydrogen) atoms. The maximum atomic E-state index is 11.5. The SMILES string of the molecule is O=C(Nc1cccc(O)c1)c1cnns1. The summed E-state index contributed by atoms with van der Waals surface area (Å²) in [7, 11) is 0. The van der Waals surface area contributed by atoms with Gasteiger partial charge >= 0.3 is 0 Å². The number of carbonyl (C=O) groups excluding carboxylic acids is 1. The minimum atomic E-state index is -0.282. The van der Waals surface area contributed by atoms with Gasteiger partial charge in [-0.3, -0.25) is 4.79 Å². The van der Waals surface area contributed by atoms with Gasteiger partial charge in [0, 0.05) is 11.8 Å². The second-order valence-electron chi connectivity index (χ2n) is 2.79. The zero-order chi connectivity index (χ0) is 10.7. The Balaban J connectivity index is 2.13. The highest BCUT2D eigenvalue weighted by Crippen LogP contribution is 2.16. The summed E-state index contributed by atoms with van der Waals surface area (Å²) >= 11 is 1.02. The molecule has 0 aliphatic rings. The molecule has 2 aromatic rings. The number of nitrogens with zero attached hydrogens (tertiary/aromatic N) is 2. The molecule has 1 aromatic heterocycles. The second kappa shape index (κ2) is 4.05. The molecule has 2 N–H and O–H groups in total. The quantitative estimate of drug-likeness (QED) is 0.805. The molecule has 0 saturated carbocycles. The summed E-state index contributed by atoms with van der Waals surface area (Å²) in [5, 5.41) is 15.4. The van der Waals surface area contributed by atoms with Crippen molar-refractivity contribution in [3.05, 3.63) is 35.3 Å². The molecule has 0 aliphatic carbocycles. The van der Waals surface area contributed by atoms with Gasteiger partial charge < -0.3 is 10.4 Å². The van der Waals surface area contributed by atoms with Gasteiger partial charge in [-0.05, 0) is 23.7 Å². The third-order valence-corrected chi connectivity index (χ3v) is 2.35. The Bertz CT molecular complexity index is 470. The van der Waals surface area contributed by atoms with E-state index in [4.69, 9.17) is 0 Å². The van der Waals surface area contributed by atoms with Gasteiger partial charge in [-0.2, -0.15) is 0 Å². The Labute approximate surface area is 89.5 Å². The van der Waals surface area contributed by atoms with Crippen molar-refractivity contribution in [3.63, 3.8) is 0 Å². The normalized spacial score (nSPS) is 9.87. The van der Waals surface area contributed by atoms with E-state index in [1.807, 2.05) is 0 Å². The average Bonchev–Trinajstić information content (AvgIpc) is 2.70. The first-order chi connectivity index (χ1) is 7.25. The molecule has 1 heterocycles. The molecule has 76 valence electrons. The van der Waals surface area contributed by atoms with Crippen molar-refractivity contribution in [2.75, 3.05) is 5.32 Å². The number of phenols is 1. The zero-order valence-electron chi connectivity index (χ0n) is 7.54. The van der Waals surface area contributed by atoms with E-state index in [9.17, 15) is 9.90 Å². The second-order valence-corrected chi connectivity index (χ2v) is 3.57. The Morgan fingerprint density at radius 2 is 2.33 bits per heavy atom. The largest absolute Gasteiger partial charge is 0.508 e. The van der Waals surface area contributed by atoms with E-state index in [1.54, 1.807) is 12.1 Å². The van der Waals surface area contributed by atoms with Gasteiger partial charge in [0.15, 0.2) is 0 Å². The molecule has 0 radical (unpaired) electrons. The van der Waals surface area contributed by atoms with Gasteiger partial charge in [-0.1, -0.05) is 10.6 Å². The molecule has 6 heteroatoms. The molecular weight excluding hydrogens is 214 g/mol. The van der Waals surface area contributed by atoms with Gasteiger partial charge in [-0.15, -0.1) is 5.10 Å². The van der Waals surface area contributed by atoms with Crippen LogP contribution in [0, 0.1) is 0 Å². The predicted octanol–water partition coefficient (Wildman–Crippen LogP) is 1.50. The molecule has 0 unspecified atom stereocenters. The summed E-state index contributed by atoms with van der Waals surface area (Å²) in [5.74, 6) is -0.175. The molecule has 2 rings (SSSR count). The van der Waals surface area contributed by atoms with Gasteiger partial charge in [0.05, 0.1) is 6.20 Å². The molecule has 0 aliphatic heterocycles. The summed E-state index contributed by atoms with van der Waals surface area (Å²) in [6.45, 7) is 0. The first-order valence-corrected chi connectivity index (χ1v) is 4.91. The molecule has 1 aromatic carbocycles. The van der Waals surface area contributed by atoms with Gasteiger partial charge in [0.25, 0.3) is 5.91 Å². The Kier molecular flexibility index (Phi) is 2.59. The molecular formula is C9H7N3O2S. The maximum Gasteiger partial charge on any atom is 0.269 e. The summed E-state index contributed by atoms with van der Waals surface area (Å²) in [4.78, 5) is 12.0. The minimum Gasteiger partial charge on any atom is -0.508 e. The molecule has 1 amide bonds. The fourth-order valence-corrected chi connectivity index (χ4v) is 1.45. The number of phenolic OH excluding ortho intramolecular Hbond substituents is 1. The molecule has 0 bridgehead atoms. The molecule has 5 nitrogen and oxygen atoms in total. The number of hydrogen-bond acceptors (Lipinski definition) is 5. The van der Waals surface area contributed by atoms with Crippen molar-refractivity contribution < 1.29 is 9.90 Å². The van der Waals surface area contributed by atoms with Crippen LogP contribution < -0.4 is 5.32 Å². The van der Waals surface area contributed by atoms with E-state index in [-0.39, 0.29) is 11.7 Å². The number of anilines is 1. The number of nitrogens with one attached hydrogen (secondary N) is 1. The lowest BCUT2D eigenvalue weighted by Gasteiger charge is -2.02. The van der Waals surface area contributed by atoms with E-state index < -0.39 is 0 Å². The third kappa shape index (κ3) is 2.29. The highest BCUT2D eigenvalue weighted by Gasteiger charge is 2.08. The van der Waals surface area contributed by atoms with Crippen molar-refractivity contribution in [1.82, 2.24) is 9.59 Å². The van der Waals surface area contributed by atoms with Crippen LogP contribution in [-0.4, -0.2) is 20.6 Å². The van der Waals surface area contributed by atoms with Gasteiger partial charge in [-0.25, -0.2) is 0 Å².